The van der Waals surface area contributed by atoms with E-state index in [-0.39, 0.29) is 0 Å². The molecule has 5 nitrogen and oxygen atoms in total. The molecule has 0 bridgehead atoms. The Kier molecular flexibility index (Phi) is 5.71. The predicted octanol–water partition coefficient (Wildman–Crippen LogP) is 12.5. The fourth-order valence-electron chi connectivity index (χ4n) is 8.64. The van der Waals surface area contributed by atoms with E-state index in [1.807, 2.05) is 12.1 Å². The van der Waals surface area contributed by atoms with Gasteiger partial charge in [-0.2, -0.15) is 0 Å². The third-order valence-electron chi connectivity index (χ3n) is 10.9. The zero-order valence-corrected chi connectivity index (χ0v) is 28.4. The van der Waals surface area contributed by atoms with Crippen LogP contribution >= 0.6 is 0 Å². The molecule has 0 spiro atoms. The molecular weight excluding hydrogens is 649 g/mol. The molecule has 0 aliphatic heterocycles. The first-order valence-electron chi connectivity index (χ1n) is 17.9. The molecule has 0 aliphatic rings. The number of hydrogen-bond donors (Lipinski definition) is 0. The summed E-state index contributed by atoms with van der Waals surface area (Å²) in [6.07, 6.45) is 0. The molecule has 0 amide bonds. The number of para-hydroxylation sites is 3. The van der Waals surface area contributed by atoms with Crippen LogP contribution in [0.5, 0.6) is 0 Å². The lowest BCUT2D eigenvalue weighted by Gasteiger charge is -2.15. The summed E-state index contributed by atoms with van der Waals surface area (Å²) in [4.78, 5) is 10.7. The van der Waals surface area contributed by atoms with Gasteiger partial charge in [0.25, 0.3) is 0 Å². The summed E-state index contributed by atoms with van der Waals surface area (Å²) < 4.78 is 11.5. The lowest BCUT2D eigenvalue weighted by atomic mass is 10.1. The van der Waals surface area contributed by atoms with Gasteiger partial charge in [0, 0.05) is 48.7 Å². The summed E-state index contributed by atoms with van der Waals surface area (Å²) in [5, 5.41) is 10.1. The van der Waals surface area contributed by atoms with Crippen LogP contribution in [0.3, 0.4) is 0 Å². The average molecular weight is 677 g/mol. The predicted molar refractivity (Wildman–Crippen MR) is 218 cm³/mol. The molecule has 0 unspecified atom stereocenters. The van der Waals surface area contributed by atoms with Crippen LogP contribution in [0.1, 0.15) is 0 Å². The second-order valence-electron chi connectivity index (χ2n) is 13.7. The Morgan fingerprint density at radius 2 is 1.02 bits per heavy atom. The summed E-state index contributed by atoms with van der Waals surface area (Å²) in [5.74, 6) is 0.630. The Hall–Kier alpha value is -7.24. The molecule has 12 rings (SSSR count). The third-order valence-corrected chi connectivity index (χ3v) is 10.9. The number of aromatic nitrogens is 4. The van der Waals surface area contributed by atoms with Crippen molar-refractivity contribution < 1.29 is 4.42 Å². The quantitative estimate of drug-likeness (QED) is 0.187. The van der Waals surface area contributed by atoms with E-state index >= 15 is 0 Å². The first-order valence-corrected chi connectivity index (χ1v) is 17.9. The maximum absolute atomic E-state index is 6.82. The van der Waals surface area contributed by atoms with Gasteiger partial charge in [-0.15, -0.1) is 0 Å². The molecule has 246 valence electrons. The highest BCUT2D eigenvalue weighted by Crippen LogP contribution is 2.45. The van der Waals surface area contributed by atoms with Crippen molar-refractivity contribution in [1.29, 1.82) is 0 Å². The monoisotopic (exact) mass is 676 g/mol. The van der Waals surface area contributed by atoms with Crippen LogP contribution in [0.15, 0.2) is 174 Å². The molecule has 53 heavy (non-hydrogen) atoms. The molecule has 4 aromatic heterocycles. The van der Waals surface area contributed by atoms with Crippen molar-refractivity contribution >= 4 is 87.2 Å². The Bertz CT molecular complexity index is 3450. The van der Waals surface area contributed by atoms with Gasteiger partial charge in [0.05, 0.1) is 39.0 Å². The van der Waals surface area contributed by atoms with Crippen LogP contribution in [0, 0.1) is 0 Å². The van der Waals surface area contributed by atoms with Crippen molar-refractivity contribution in [3.8, 4) is 22.9 Å². The van der Waals surface area contributed by atoms with Gasteiger partial charge in [0.2, 0.25) is 5.95 Å². The van der Waals surface area contributed by atoms with E-state index in [9.17, 15) is 0 Å². The normalized spacial score (nSPS) is 12.2. The molecule has 0 saturated heterocycles. The molecule has 0 radical (unpaired) electrons. The number of benzene rings is 8. The third kappa shape index (κ3) is 3.91. The molecular formula is C48H28N4O. The molecule has 8 aromatic carbocycles. The highest BCUT2D eigenvalue weighted by atomic mass is 16.3. The van der Waals surface area contributed by atoms with Crippen molar-refractivity contribution in [2.24, 2.45) is 0 Å². The Morgan fingerprint density at radius 1 is 0.396 bits per heavy atom. The van der Waals surface area contributed by atoms with E-state index in [1.165, 1.54) is 5.39 Å². The molecule has 4 heterocycles. The van der Waals surface area contributed by atoms with Crippen LogP contribution in [-0.4, -0.2) is 19.1 Å². The Labute approximate surface area is 302 Å². The van der Waals surface area contributed by atoms with Crippen molar-refractivity contribution in [2.75, 3.05) is 0 Å². The Balaban J connectivity index is 1.33. The average Bonchev–Trinajstić information content (AvgIpc) is 3.88. The number of nitrogens with zero attached hydrogens (tertiary/aromatic N) is 4. The molecule has 0 aliphatic carbocycles. The summed E-state index contributed by atoms with van der Waals surface area (Å²) >= 11 is 0. The summed E-state index contributed by atoms with van der Waals surface area (Å²) in [6.45, 7) is 0. The lowest BCUT2D eigenvalue weighted by molar-refractivity contribution is 0.671. The van der Waals surface area contributed by atoms with E-state index in [1.54, 1.807) is 0 Å². The molecule has 0 saturated carbocycles. The molecule has 0 atom stereocenters. The van der Waals surface area contributed by atoms with E-state index in [0.717, 1.165) is 98.8 Å². The van der Waals surface area contributed by atoms with E-state index in [0.29, 0.717) is 5.95 Å². The van der Waals surface area contributed by atoms with Gasteiger partial charge >= 0.3 is 0 Å². The SMILES string of the molecule is c1ccc(-c2nc(-n3c4ccccc4c4ccc5c6ccc7c8ccccc8oc7c6n(-c6cccc7ccccc67)c5c43)nc3ccccc23)cc1. The van der Waals surface area contributed by atoms with E-state index in [4.69, 9.17) is 14.4 Å². The lowest BCUT2D eigenvalue weighted by Crippen LogP contribution is -2.05. The first-order chi connectivity index (χ1) is 26.3. The van der Waals surface area contributed by atoms with Crippen molar-refractivity contribution in [1.82, 2.24) is 19.1 Å². The van der Waals surface area contributed by atoms with Crippen LogP contribution in [0.2, 0.25) is 0 Å². The Morgan fingerprint density at radius 3 is 1.89 bits per heavy atom. The van der Waals surface area contributed by atoms with Gasteiger partial charge < -0.3 is 8.98 Å². The van der Waals surface area contributed by atoms with Crippen LogP contribution in [0.25, 0.3) is 110 Å². The topological polar surface area (TPSA) is 48.8 Å². The molecule has 5 heteroatoms. The van der Waals surface area contributed by atoms with Gasteiger partial charge in [-0.1, -0.05) is 140 Å². The minimum absolute atomic E-state index is 0.630. The van der Waals surface area contributed by atoms with Crippen molar-refractivity contribution in [2.45, 2.75) is 0 Å². The van der Waals surface area contributed by atoms with Crippen LogP contribution in [0.4, 0.5) is 0 Å². The summed E-state index contributed by atoms with van der Waals surface area (Å²) in [6, 6.07) is 59.9. The highest BCUT2D eigenvalue weighted by Gasteiger charge is 2.26. The fourth-order valence-corrected chi connectivity index (χ4v) is 8.64. The maximum atomic E-state index is 6.82. The molecule has 12 aromatic rings. The highest BCUT2D eigenvalue weighted by molar-refractivity contribution is 6.28. The second kappa shape index (κ2) is 10.6. The van der Waals surface area contributed by atoms with Gasteiger partial charge in [0.15, 0.2) is 5.58 Å². The standard InChI is InChI=1S/C48H28N4O/c1-2-14-30(15-3-1)43-38-20-6-9-21-39(38)49-48(50-43)52-41-22-10-7-18-32(41)34-25-26-35-36-27-28-37-33-19-8-11-24-42(33)53-47(37)46(36)51(44(35)45(34)52)40-23-12-16-29-13-4-5-17-31(29)40/h1-28H. The van der Waals surface area contributed by atoms with Crippen molar-refractivity contribution in [3.05, 3.63) is 170 Å². The molecule has 0 fully saturated rings. The van der Waals surface area contributed by atoms with E-state index < -0.39 is 0 Å². The number of rotatable bonds is 3. The van der Waals surface area contributed by atoms with Gasteiger partial charge in [-0.25, -0.2) is 9.97 Å². The van der Waals surface area contributed by atoms with Crippen molar-refractivity contribution in [3.63, 3.8) is 0 Å². The fraction of sp³-hybridized carbons (Fsp3) is 0. The smallest absolute Gasteiger partial charge is 0.235 e. The van der Waals surface area contributed by atoms with Gasteiger partial charge in [-0.05, 0) is 35.7 Å². The van der Waals surface area contributed by atoms with Gasteiger partial charge in [-0.3, -0.25) is 4.57 Å². The second-order valence-corrected chi connectivity index (χ2v) is 13.7. The maximum Gasteiger partial charge on any atom is 0.235 e. The minimum Gasteiger partial charge on any atom is -0.454 e. The molecule has 0 N–H and O–H groups in total. The van der Waals surface area contributed by atoms with E-state index in [2.05, 4.69) is 167 Å². The zero-order chi connectivity index (χ0) is 34.6. The van der Waals surface area contributed by atoms with Gasteiger partial charge in [0.1, 0.15) is 5.58 Å². The number of furan rings is 1. The largest absolute Gasteiger partial charge is 0.454 e. The number of hydrogen-bond acceptors (Lipinski definition) is 3. The number of fused-ring (bicyclic) bond motifs is 13. The summed E-state index contributed by atoms with van der Waals surface area (Å²) in [5.41, 5.74) is 9.91. The van der Waals surface area contributed by atoms with Crippen LogP contribution < -0.4 is 0 Å². The summed E-state index contributed by atoms with van der Waals surface area (Å²) in [7, 11) is 0. The van der Waals surface area contributed by atoms with Crippen LogP contribution in [-0.2, 0) is 0 Å². The zero-order valence-electron chi connectivity index (χ0n) is 28.4. The minimum atomic E-state index is 0.630. The first kappa shape index (κ1) is 28.5.